The van der Waals surface area contributed by atoms with Crippen LogP contribution in [0.25, 0.3) is 11.1 Å². The van der Waals surface area contributed by atoms with Crippen LogP contribution in [0.1, 0.15) is 32.3 Å². The molecule has 0 radical (unpaired) electrons. The van der Waals surface area contributed by atoms with Crippen molar-refractivity contribution in [3.8, 4) is 11.1 Å². The number of nitrogens with zero attached hydrogens (tertiary/aromatic N) is 1. The molecule has 2 aromatic carbocycles. The van der Waals surface area contributed by atoms with E-state index >= 15 is 0 Å². The van der Waals surface area contributed by atoms with Gasteiger partial charge in [-0.1, -0.05) is 60.7 Å². The molecule has 2 aromatic rings. The molecule has 1 aliphatic rings. The molecule has 1 heterocycles. The molecule has 0 unspecified atom stereocenters. The molecular weight excluding hydrogens is 366 g/mol. The molecule has 5 heteroatoms. The van der Waals surface area contributed by atoms with Gasteiger partial charge in [0.15, 0.2) is 0 Å². The smallest absolute Gasteiger partial charge is 0.333 e. The van der Waals surface area contributed by atoms with Crippen LogP contribution in [0.4, 0.5) is 0 Å². The zero-order chi connectivity index (χ0) is 20.8. The van der Waals surface area contributed by atoms with Crippen LogP contribution in [-0.2, 0) is 25.5 Å². The standard InChI is InChI=1S/C24H25NO4/c1-3-29-24(28)17(2)15-21(25-22(26)13-14-23(25)27)16-18-9-11-20(12-10-18)19-7-5-4-6-8-19/h4-12,15,21H,3,13-14,16H2,1-2H3/b17-15+/t21-/m0/s1. The molecular formula is C24H25NO4. The number of hydrogen-bond donors (Lipinski definition) is 0. The van der Waals surface area contributed by atoms with Gasteiger partial charge in [0.25, 0.3) is 0 Å². The fourth-order valence-electron chi connectivity index (χ4n) is 3.50. The Kier molecular flexibility index (Phi) is 6.60. The Bertz CT molecular complexity index is 900. The Balaban J connectivity index is 1.85. The lowest BCUT2D eigenvalue weighted by Crippen LogP contribution is -2.40. The van der Waals surface area contributed by atoms with Crippen LogP contribution in [-0.4, -0.2) is 35.3 Å². The Hall–Kier alpha value is -3.21. The van der Waals surface area contributed by atoms with Crippen molar-refractivity contribution in [3.05, 3.63) is 71.8 Å². The van der Waals surface area contributed by atoms with Gasteiger partial charge in [0.2, 0.25) is 11.8 Å². The number of ether oxygens (including phenoxy) is 1. The first-order valence-electron chi connectivity index (χ1n) is 9.84. The number of carbonyl (C=O) groups excluding carboxylic acids is 3. The third-order valence-corrected chi connectivity index (χ3v) is 4.97. The van der Waals surface area contributed by atoms with Gasteiger partial charge in [-0.25, -0.2) is 4.79 Å². The first-order chi connectivity index (χ1) is 14.0. The van der Waals surface area contributed by atoms with E-state index in [1.165, 1.54) is 4.90 Å². The van der Waals surface area contributed by atoms with E-state index in [0.29, 0.717) is 12.0 Å². The number of amides is 2. The number of likely N-dealkylation sites (tertiary alicyclic amines) is 1. The van der Waals surface area contributed by atoms with Gasteiger partial charge in [0.05, 0.1) is 12.6 Å². The molecule has 0 saturated carbocycles. The van der Waals surface area contributed by atoms with Gasteiger partial charge >= 0.3 is 5.97 Å². The molecule has 1 aliphatic heterocycles. The first-order valence-corrected chi connectivity index (χ1v) is 9.84. The fraction of sp³-hybridized carbons (Fsp3) is 0.292. The topological polar surface area (TPSA) is 63.7 Å². The molecule has 5 nitrogen and oxygen atoms in total. The molecule has 0 spiro atoms. The maximum atomic E-state index is 12.3. The van der Waals surface area contributed by atoms with Crippen molar-refractivity contribution >= 4 is 17.8 Å². The van der Waals surface area contributed by atoms with Gasteiger partial charge in [0, 0.05) is 18.4 Å². The predicted molar refractivity (Wildman–Crippen MR) is 111 cm³/mol. The Morgan fingerprint density at radius 3 is 2.17 bits per heavy atom. The highest BCUT2D eigenvalue weighted by molar-refractivity contribution is 6.02. The summed E-state index contributed by atoms with van der Waals surface area (Å²) >= 11 is 0. The zero-order valence-corrected chi connectivity index (χ0v) is 16.8. The lowest BCUT2D eigenvalue weighted by atomic mass is 9.99. The minimum Gasteiger partial charge on any atom is -0.463 e. The number of imide groups is 1. The van der Waals surface area contributed by atoms with E-state index in [2.05, 4.69) is 0 Å². The van der Waals surface area contributed by atoms with E-state index < -0.39 is 12.0 Å². The summed E-state index contributed by atoms with van der Waals surface area (Å²) in [5.74, 6) is -0.835. The normalized spacial score (nSPS) is 15.5. The number of benzene rings is 2. The molecule has 29 heavy (non-hydrogen) atoms. The van der Waals surface area contributed by atoms with E-state index in [4.69, 9.17) is 4.74 Å². The second kappa shape index (κ2) is 9.32. The van der Waals surface area contributed by atoms with E-state index in [1.54, 1.807) is 19.9 Å². The summed E-state index contributed by atoms with van der Waals surface area (Å²) in [7, 11) is 0. The highest BCUT2D eigenvalue weighted by atomic mass is 16.5. The Labute approximate surface area is 171 Å². The fourth-order valence-corrected chi connectivity index (χ4v) is 3.50. The number of hydrogen-bond acceptors (Lipinski definition) is 4. The van der Waals surface area contributed by atoms with Gasteiger partial charge < -0.3 is 4.74 Å². The SMILES string of the molecule is CCOC(=O)/C(C)=C/[C@@H](Cc1ccc(-c2ccccc2)cc1)N1C(=O)CCC1=O. The van der Waals surface area contributed by atoms with Gasteiger partial charge in [-0.2, -0.15) is 0 Å². The lowest BCUT2D eigenvalue weighted by Gasteiger charge is -2.24. The molecule has 0 aliphatic carbocycles. The van der Waals surface area contributed by atoms with Gasteiger partial charge in [-0.15, -0.1) is 0 Å². The molecule has 2 amide bonds. The largest absolute Gasteiger partial charge is 0.463 e. The zero-order valence-electron chi connectivity index (χ0n) is 16.8. The number of esters is 1. The van der Waals surface area contributed by atoms with Crippen LogP contribution in [0.15, 0.2) is 66.2 Å². The lowest BCUT2D eigenvalue weighted by molar-refractivity contribution is -0.141. The summed E-state index contributed by atoms with van der Waals surface area (Å²) in [6.07, 6.45) is 2.55. The highest BCUT2D eigenvalue weighted by Crippen LogP contribution is 2.23. The summed E-state index contributed by atoms with van der Waals surface area (Å²) in [4.78, 5) is 37.9. The molecule has 1 fully saturated rings. The maximum Gasteiger partial charge on any atom is 0.333 e. The second-order valence-electron chi connectivity index (χ2n) is 7.06. The molecule has 1 saturated heterocycles. The molecule has 1 atom stereocenters. The van der Waals surface area contributed by atoms with Crippen molar-refractivity contribution in [2.45, 2.75) is 39.2 Å². The van der Waals surface area contributed by atoms with Gasteiger partial charge in [-0.05, 0) is 37.0 Å². The maximum absolute atomic E-state index is 12.3. The van der Waals surface area contributed by atoms with E-state index in [1.807, 2.05) is 54.6 Å². The van der Waals surface area contributed by atoms with Crippen molar-refractivity contribution in [2.24, 2.45) is 0 Å². The minimum atomic E-state index is -0.510. The summed E-state index contributed by atoms with van der Waals surface area (Å²) in [5, 5.41) is 0. The van der Waals surface area contributed by atoms with Crippen molar-refractivity contribution in [2.75, 3.05) is 6.61 Å². The first kappa shape index (κ1) is 20.5. The summed E-state index contributed by atoms with van der Waals surface area (Å²) in [6, 6.07) is 17.6. The van der Waals surface area contributed by atoms with E-state index in [0.717, 1.165) is 16.7 Å². The van der Waals surface area contributed by atoms with Crippen molar-refractivity contribution in [1.29, 1.82) is 0 Å². The van der Waals surface area contributed by atoms with Crippen LogP contribution in [0.3, 0.4) is 0 Å². The Morgan fingerprint density at radius 2 is 1.59 bits per heavy atom. The van der Waals surface area contributed by atoms with Crippen LogP contribution < -0.4 is 0 Å². The van der Waals surface area contributed by atoms with Gasteiger partial charge in [-0.3, -0.25) is 14.5 Å². The number of rotatable bonds is 7. The van der Waals surface area contributed by atoms with Crippen LogP contribution >= 0.6 is 0 Å². The van der Waals surface area contributed by atoms with E-state index in [9.17, 15) is 14.4 Å². The highest BCUT2D eigenvalue weighted by Gasteiger charge is 2.34. The quantitative estimate of drug-likeness (QED) is 0.408. The summed E-state index contributed by atoms with van der Waals surface area (Å²) < 4.78 is 5.04. The van der Waals surface area contributed by atoms with Crippen molar-refractivity contribution < 1.29 is 19.1 Å². The van der Waals surface area contributed by atoms with Crippen molar-refractivity contribution in [3.63, 3.8) is 0 Å². The molecule has 3 rings (SSSR count). The third kappa shape index (κ3) is 4.99. The summed E-state index contributed by atoms with van der Waals surface area (Å²) in [6.45, 7) is 3.66. The molecule has 0 bridgehead atoms. The minimum absolute atomic E-state index is 0.200. The van der Waals surface area contributed by atoms with E-state index in [-0.39, 0.29) is 31.3 Å². The Morgan fingerprint density at radius 1 is 1.00 bits per heavy atom. The monoisotopic (exact) mass is 391 g/mol. The van der Waals surface area contributed by atoms with Gasteiger partial charge in [0.1, 0.15) is 0 Å². The van der Waals surface area contributed by atoms with Crippen molar-refractivity contribution in [1.82, 2.24) is 4.90 Å². The second-order valence-corrected chi connectivity index (χ2v) is 7.06. The predicted octanol–water partition coefficient (Wildman–Crippen LogP) is 3.92. The number of carbonyl (C=O) groups is 3. The van der Waals surface area contributed by atoms with Crippen LogP contribution in [0.5, 0.6) is 0 Å². The van der Waals surface area contributed by atoms with Crippen LogP contribution in [0.2, 0.25) is 0 Å². The molecule has 0 N–H and O–H groups in total. The molecule has 150 valence electrons. The average Bonchev–Trinajstić information content (AvgIpc) is 3.07. The van der Waals surface area contributed by atoms with Crippen LogP contribution in [0, 0.1) is 0 Å². The molecule has 0 aromatic heterocycles. The third-order valence-electron chi connectivity index (χ3n) is 4.97. The summed E-state index contributed by atoms with van der Waals surface area (Å²) in [5.41, 5.74) is 3.59. The average molecular weight is 391 g/mol.